The molecule has 0 atom stereocenters. The van der Waals surface area contributed by atoms with Crippen LogP contribution in [0, 0.1) is 0 Å². The number of nitrogens with one attached hydrogen (secondary N) is 1. The van der Waals surface area contributed by atoms with Crippen molar-refractivity contribution in [1.82, 2.24) is 9.55 Å². The van der Waals surface area contributed by atoms with Crippen LogP contribution in [0.4, 0.5) is 0 Å². The second kappa shape index (κ2) is 5.86. The van der Waals surface area contributed by atoms with Gasteiger partial charge in [0, 0.05) is 19.2 Å². The number of ether oxygens (including phenoxy) is 2. The van der Waals surface area contributed by atoms with Gasteiger partial charge in [0.1, 0.15) is 13.3 Å². The number of hydrogen-bond donors (Lipinski definition) is 1. The molecule has 1 N–H and O–H groups in total. The molecule has 0 saturated heterocycles. The van der Waals surface area contributed by atoms with Crippen LogP contribution in [0.15, 0.2) is 21.9 Å². The molecule has 0 spiro atoms. The van der Waals surface area contributed by atoms with Crippen LogP contribution in [0.25, 0.3) is 0 Å². The number of hydrogen-bond acceptors (Lipinski definition) is 5. The quantitative estimate of drug-likeness (QED) is 0.519. The Morgan fingerprint density at radius 1 is 1.44 bits per heavy atom. The summed E-state index contributed by atoms with van der Waals surface area (Å²) in [6.45, 7) is 1.61. The van der Waals surface area contributed by atoms with Crippen LogP contribution in [-0.2, 0) is 21.0 Å². The van der Waals surface area contributed by atoms with Crippen molar-refractivity contribution < 1.29 is 14.3 Å². The number of carbonyl (C=O) groups excluding carboxylic acids is 1. The van der Waals surface area contributed by atoms with Gasteiger partial charge in [0.05, 0.1) is 6.61 Å². The molecule has 88 valence electrons. The van der Waals surface area contributed by atoms with Crippen molar-refractivity contribution >= 4 is 5.97 Å². The van der Waals surface area contributed by atoms with Crippen LogP contribution in [0.5, 0.6) is 0 Å². The number of carbonyl (C=O) groups is 1. The molecule has 7 nitrogen and oxygen atoms in total. The third-order valence-corrected chi connectivity index (χ3v) is 1.66. The average Bonchev–Trinajstić information content (AvgIpc) is 2.20. The third-order valence-electron chi connectivity index (χ3n) is 1.66. The Balaban J connectivity index is 2.35. The van der Waals surface area contributed by atoms with Crippen LogP contribution in [0.3, 0.4) is 0 Å². The second-order valence-electron chi connectivity index (χ2n) is 2.96. The van der Waals surface area contributed by atoms with E-state index in [1.54, 1.807) is 0 Å². The van der Waals surface area contributed by atoms with E-state index in [0.717, 1.165) is 0 Å². The molecule has 0 aromatic carbocycles. The molecule has 1 aromatic rings. The van der Waals surface area contributed by atoms with Crippen molar-refractivity contribution in [2.75, 3.05) is 13.2 Å². The highest BCUT2D eigenvalue weighted by Crippen LogP contribution is 1.83. The molecule has 0 aliphatic heterocycles. The molecule has 0 aliphatic carbocycles. The molecule has 0 fully saturated rings. The van der Waals surface area contributed by atoms with E-state index in [9.17, 15) is 14.4 Å². The highest BCUT2D eigenvalue weighted by Gasteiger charge is 1.97. The van der Waals surface area contributed by atoms with Crippen LogP contribution < -0.4 is 11.2 Å². The Morgan fingerprint density at radius 3 is 2.81 bits per heavy atom. The van der Waals surface area contributed by atoms with Gasteiger partial charge in [0.25, 0.3) is 5.56 Å². The van der Waals surface area contributed by atoms with Gasteiger partial charge in [-0.25, -0.2) is 4.79 Å². The summed E-state index contributed by atoms with van der Waals surface area (Å²) in [5, 5.41) is 0. The molecule has 0 unspecified atom stereocenters. The lowest BCUT2D eigenvalue weighted by molar-refractivity contribution is -0.142. The molecule has 0 saturated carbocycles. The minimum absolute atomic E-state index is 0.00310. The summed E-state index contributed by atoms with van der Waals surface area (Å²) in [6, 6.07) is 1.22. The van der Waals surface area contributed by atoms with E-state index in [0.29, 0.717) is 0 Å². The molecule has 0 bridgehead atoms. The maximum Gasteiger partial charge on any atom is 0.330 e. The van der Waals surface area contributed by atoms with Crippen LogP contribution in [-0.4, -0.2) is 28.7 Å². The van der Waals surface area contributed by atoms with Crippen molar-refractivity contribution in [2.45, 2.75) is 13.7 Å². The van der Waals surface area contributed by atoms with Crippen molar-refractivity contribution in [3.05, 3.63) is 33.1 Å². The predicted molar refractivity (Wildman–Crippen MR) is 53.9 cm³/mol. The number of aromatic amines is 1. The summed E-state index contributed by atoms with van der Waals surface area (Å²) < 4.78 is 10.9. The molecule has 1 aromatic heterocycles. The van der Waals surface area contributed by atoms with Gasteiger partial charge in [-0.2, -0.15) is 0 Å². The van der Waals surface area contributed by atoms with Crippen molar-refractivity contribution in [3.8, 4) is 0 Å². The zero-order valence-electron chi connectivity index (χ0n) is 8.76. The maximum absolute atomic E-state index is 11.2. The molecule has 1 rings (SSSR count). The number of H-pyrrole nitrogens is 1. The molecule has 16 heavy (non-hydrogen) atoms. The third kappa shape index (κ3) is 4.09. The van der Waals surface area contributed by atoms with E-state index >= 15 is 0 Å². The number of rotatable bonds is 5. The molecule has 1 heterocycles. The van der Waals surface area contributed by atoms with E-state index < -0.39 is 11.2 Å². The van der Waals surface area contributed by atoms with E-state index in [4.69, 9.17) is 4.74 Å². The Labute approximate surface area is 90.6 Å². The zero-order valence-corrected chi connectivity index (χ0v) is 8.76. The monoisotopic (exact) mass is 228 g/mol. The Morgan fingerprint density at radius 2 is 2.19 bits per heavy atom. The van der Waals surface area contributed by atoms with Gasteiger partial charge in [0.15, 0.2) is 0 Å². The molecule has 0 aliphatic rings. The first-order valence-electron chi connectivity index (χ1n) is 4.60. The van der Waals surface area contributed by atoms with E-state index in [1.165, 1.54) is 23.8 Å². The maximum atomic E-state index is 11.2. The van der Waals surface area contributed by atoms with Gasteiger partial charge < -0.3 is 9.47 Å². The fourth-order valence-corrected chi connectivity index (χ4v) is 0.953. The summed E-state index contributed by atoms with van der Waals surface area (Å²) in [5.74, 6) is -0.384. The van der Waals surface area contributed by atoms with Crippen LogP contribution in [0.1, 0.15) is 6.92 Å². The largest absolute Gasteiger partial charge is 0.463 e. The van der Waals surface area contributed by atoms with Crippen LogP contribution >= 0.6 is 0 Å². The Bertz CT molecular complexity index is 461. The lowest BCUT2D eigenvalue weighted by Crippen LogP contribution is -2.29. The predicted octanol–water partition coefficient (Wildman–Crippen LogP) is -0.926. The second-order valence-corrected chi connectivity index (χ2v) is 2.96. The highest BCUT2D eigenvalue weighted by molar-refractivity contribution is 5.65. The molecule has 0 amide bonds. The summed E-state index contributed by atoms with van der Waals surface area (Å²) in [4.78, 5) is 34.4. The summed E-state index contributed by atoms with van der Waals surface area (Å²) >= 11 is 0. The number of aromatic nitrogens is 2. The van der Waals surface area contributed by atoms with E-state index in [2.05, 4.69) is 9.72 Å². The zero-order chi connectivity index (χ0) is 12.0. The van der Waals surface area contributed by atoms with Gasteiger partial charge >= 0.3 is 11.7 Å². The van der Waals surface area contributed by atoms with Gasteiger partial charge in [-0.05, 0) is 0 Å². The Hall–Kier alpha value is -1.89. The number of nitrogens with zero attached hydrogens (tertiary/aromatic N) is 1. The van der Waals surface area contributed by atoms with Gasteiger partial charge in [-0.3, -0.25) is 19.1 Å². The molecule has 7 heteroatoms. The lowest BCUT2D eigenvalue weighted by Gasteiger charge is -2.06. The molecule has 0 radical (unpaired) electrons. The van der Waals surface area contributed by atoms with E-state index in [-0.39, 0.29) is 25.9 Å². The summed E-state index contributed by atoms with van der Waals surface area (Å²) in [5.41, 5.74) is -0.999. The van der Waals surface area contributed by atoms with E-state index in [1.807, 2.05) is 0 Å². The van der Waals surface area contributed by atoms with Gasteiger partial charge in [0.2, 0.25) is 0 Å². The van der Waals surface area contributed by atoms with Gasteiger partial charge in [-0.15, -0.1) is 0 Å². The Kier molecular flexibility index (Phi) is 4.46. The minimum Gasteiger partial charge on any atom is -0.463 e. The van der Waals surface area contributed by atoms with Crippen molar-refractivity contribution in [1.29, 1.82) is 0 Å². The summed E-state index contributed by atoms with van der Waals surface area (Å²) in [7, 11) is 0. The average molecular weight is 228 g/mol. The van der Waals surface area contributed by atoms with Crippen molar-refractivity contribution in [3.63, 3.8) is 0 Å². The fraction of sp³-hybridized carbons (Fsp3) is 0.444. The standard InChI is InChI=1S/C9H12N2O5/c1-7(12)16-5-4-15-6-11-3-2-8(13)10-9(11)14/h2-3H,4-6H2,1H3,(H,10,13,14). The topological polar surface area (TPSA) is 90.4 Å². The normalized spacial score (nSPS) is 10.1. The fourth-order valence-electron chi connectivity index (χ4n) is 0.953. The molecular formula is C9H12N2O5. The highest BCUT2D eigenvalue weighted by atomic mass is 16.6. The lowest BCUT2D eigenvalue weighted by atomic mass is 10.6. The smallest absolute Gasteiger partial charge is 0.330 e. The summed E-state index contributed by atoms with van der Waals surface area (Å²) in [6.07, 6.45) is 1.33. The van der Waals surface area contributed by atoms with Gasteiger partial charge in [-0.1, -0.05) is 0 Å². The minimum atomic E-state index is -0.542. The number of esters is 1. The van der Waals surface area contributed by atoms with Crippen LogP contribution in [0.2, 0.25) is 0 Å². The van der Waals surface area contributed by atoms with Crippen molar-refractivity contribution in [2.24, 2.45) is 0 Å². The SMILES string of the molecule is CC(=O)OCCOCn1ccc(=O)[nH]c1=O. The first-order chi connectivity index (χ1) is 7.59. The first-order valence-corrected chi connectivity index (χ1v) is 4.60. The first kappa shape index (κ1) is 12.2. The molecular weight excluding hydrogens is 216 g/mol.